The van der Waals surface area contributed by atoms with E-state index in [9.17, 15) is 0 Å². The monoisotopic (exact) mass is 313 g/mol. The SMILES string of the molecule is C#CCN(CCCC)CCCOc1ccc(Cl)cc1Cl. The summed E-state index contributed by atoms with van der Waals surface area (Å²) in [6, 6.07) is 5.25. The van der Waals surface area contributed by atoms with Gasteiger partial charge in [0.15, 0.2) is 0 Å². The molecule has 0 aliphatic heterocycles. The van der Waals surface area contributed by atoms with Crippen LogP contribution in [0.15, 0.2) is 18.2 Å². The van der Waals surface area contributed by atoms with Crippen molar-refractivity contribution in [3.8, 4) is 18.1 Å². The Balaban J connectivity index is 2.30. The molecule has 0 N–H and O–H groups in total. The molecule has 0 fully saturated rings. The third-order valence-electron chi connectivity index (χ3n) is 2.91. The van der Waals surface area contributed by atoms with Crippen LogP contribution >= 0.6 is 23.2 Å². The Kier molecular flexibility index (Phi) is 8.53. The molecular formula is C16H21Cl2NO. The second kappa shape index (κ2) is 9.94. The Labute approximate surface area is 132 Å². The molecule has 0 radical (unpaired) electrons. The van der Waals surface area contributed by atoms with Crippen LogP contribution in [0.2, 0.25) is 10.0 Å². The van der Waals surface area contributed by atoms with Gasteiger partial charge in [-0.05, 0) is 37.6 Å². The van der Waals surface area contributed by atoms with E-state index >= 15 is 0 Å². The minimum absolute atomic E-state index is 0.545. The molecule has 1 aromatic carbocycles. The Hall–Kier alpha value is -0.880. The first-order valence-corrected chi connectivity index (χ1v) is 7.66. The smallest absolute Gasteiger partial charge is 0.137 e. The largest absolute Gasteiger partial charge is 0.492 e. The van der Waals surface area contributed by atoms with Gasteiger partial charge >= 0.3 is 0 Å². The van der Waals surface area contributed by atoms with E-state index in [4.69, 9.17) is 34.4 Å². The first-order valence-electron chi connectivity index (χ1n) is 6.91. The van der Waals surface area contributed by atoms with Crippen molar-refractivity contribution < 1.29 is 4.74 Å². The van der Waals surface area contributed by atoms with Gasteiger partial charge in [0.25, 0.3) is 0 Å². The van der Waals surface area contributed by atoms with Crippen LogP contribution in [-0.2, 0) is 0 Å². The van der Waals surface area contributed by atoms with Gasteiger partial charge in [0, 0.05) is 11.6 Å². The number of terminal acetylenes is 1. The summed E-state index contributed by atoms with van der Waals surface area (Å²) >= 11 is 11.9. The van der Waals surface area contributed by atoms with E-state index in [-0.39, 0.29) is 0 Å². The van der Waals surface area contributed by atoms with Crippen molar-refractivity contribution in [3.63, 3.8) is 0 Å². The molecule has 1 aromatic rings. The lowest BCUT2D eigenvalue weighted by Gasteiger charge is -2.19. The Morgan fingerprint density at radius 2 is 2.00 bits per heavy atom. The molecular weight excluding hydrogens is 293 g/mol. The minimum Gasteiger partial charge on any atom is -0.492 e. The van der Waals surface area contributed by atoms with Crippen LogP contribution in [0.1, 0.15) is 26.2 Å². The Morgan fingerprint density at radius 3 is 2.65 bits per heavy atom. The fourth-order valence-corrected chi connectivity index (χ4v) is 2.31. The van der Waals surface area contributed by atoms with E-state index in [0.29, 0.717) is 28.9 Å². The number of halogens is 2. The number of hydrogen-bond donors (Lipinski definition) is 0. The summed E-state index contributed by atoms with van der Waals surface area (Å²) in [4.78, 5) is 2.27. The van der Waals surface area contributed by atoms with E-state index in [0.717, 1.165) is 19.5 Å². The van der Waals surface area contributed by atoms with Crippen molar-refractivity contribution in [1.29, 1.82) is 0 Å². The molecule has 0 aromatic heterocycles. The van der Waals surface area contributed by atoms with Gasteiger partial charge < -0.3 is 4.74 Å². The number of benzene rings is 1. The van der Waals surface area contributed by atoms with E-state index in [1.54, 1.807) is 18.2 Å². The summed E-state index contributed by atoms with van der Waals surface area (Å²) in [7, 11) is 0. The van der Waals surface area contributed by atoms with Gasteiger partial charge in [-0.3, -0.25) is 4.90 Å². The lowest BCUT2D eigenvalue weighted by molar-refractivity contribution is 0.249. The van der Waals surface area contributed by atoms with Crippen LogP contribution in [0.3, 0.4) is 0 Å². The molecule has 0 bridgehead atoms. The van der Waals surface area contributed by atoms with Crippen LogP contribution in [0.25, 0.3) is 0 Å². The van der Waals surface area contributed by atoms with Crippen LogP contribution < -0.4 is 4.74 Å². The maximum absolute atomic E-state index is 6.04. The molecule has 0 atom stereocenters. The molecule has 0 aliphatic rings. The molecule has 2 nitrogen and oxygen atoms in total. The maximum atomic E-state index is 6.04. The van der Waals surface area contributed by atoms with Gasteiger partial charge in [0.05, 0.1) is 18.2 Å². The number of unbranched alkanes of at least 4 members (excludes halogenated alkanes) is 1. The lowest BCUT2D eigenvalue weighted by atomic mass is 10.3. The average molecular weight is 314 g/mol. The number of rotatable bonds is 9. The summed E-state index contributed by atoms with van der Waals surface area (Å²) in [5, 5.41) is 1.16. The van der Waals surface area contributed by atoms with Crippen LogP contribution in [0, 0.1) is 12.3 Å². The Bertz CT molecular complexity index is 443. The zero-order valence-corrected chi connectivity index (χ0v) is 13.4. The van der Waals surface area contributed by atoms with Gasteiger partial charge in [-0.1, -0.05) is 42.5 Å². The highest BCUT2D eigenvalue weighted by atomic mass is 35.5. The van der Waals surface area contributed by atoms with E-state index in [1.165, 1.54) is 12.8 Å². The van der Waals surface area contributed by atoms with Gasteiger partial charge in [-0.2, -0.15) is 0 Å². The summed E-state index contributed by atoms with van der Waals surface area (Å²) < 4.78 is 5.66. The molecule has 20 heavy (non-hydrogen) atoms. The molecule has 4 heteroatoms. The van der Waals surface area contributed by atoms with Crippen molar-refractivity contribution in [2.75, 3.05) is 26.2 Å². The van der Waals surface area contributed by atoms with Crippen molar-refractivity contribution in [3.05, 3.63) is 28.2 Å². The number of nitrogens with zero attached hydrogens (tertiary/aromatic N) is 1. The summed E-state index contributed by atoms with van der Waals surface area (Å²) in [5.41, 5.74) is 0. The second-order valence-electron chi connectivity index (χ2n) is 4.61. The van der Waals surface area contributed by atoms with Gasteiger partial charge in [0.2, 0.25) is 0 Å². The minimum atomic E-state index is 0.545. The third-order valence-corrected chi connectivity index (χ3v) is 3.44. The molecule has 0 aliphatic carbocycles. The van der Waals surface area contributed by atoms with Gasteiger partial charge in [-0.15, -0.1) is 6.42 Å². The second-order valence-corrected chi connectivity index (χ2v) is 5.45. The molecule has 0 saturated carbocycles. The van der Waals surface area contributed by atoms with E-state index in [1.807, 2.05) is 0 Å². The van der Waals surface area contributed by atoms with Crippen LogP contribution in [0.4, 0.5) is 0 Å². The van der Waals surface area contributed by atoms with Gasteiger partial charge in [-0.25, -0.2) is 0 Å². The molecule has 0 saturated heterocycles. The number of ether oxygens (including phenoxy) is 1. The van der Waals surface area contributed by atoms with Crippen molar-refractivity contribution >= 4 is 23.2 Å². The zero-order valence-electron chi connectivity index (χ0n) is 11.9. The normalized spacial score (nSPS) is 10.6. The summed E-state index contributed by atoms with van der Waals surface area (Å²) in [5.74, 6) is 3.37. The molecule has 110 valence electrons. The molecule has 0 unspecified atom stereocenters. The summed E-state index contributed by atoms with van der Waals surface area (Å²) in [6.45, 7) is 5.48. The lowest BCUT2D eigenvalue weighted by Crippen LogP contribution is -2.27. The maximum Gasteiger partial charge on any atom is 0.137 e. The molecule has 0 amide bonds. The molecule has 0 spiro atoms. The fraction of sp³-hybridized carbons (Fsp3) is 0.500. The van der Waals surface area contributed by atoms with Gasteiger partial charge in [0.1, 0.15) is 5.75 Å². The van der Waals surface area contributed by atoms with Crippen LogP contribution in [-0.4, -0.2) is 31.1 Å². The fourth-order valence-electron chi connectivity index (χ4n) is 1.84. The Morgan fingerprint density at radius 1 is 1.25 bits per heavy atom. The zero-order chi connectivity index (χ0) is 14.8. The molecule has 1 rings (SSSR count). The summed E-state index contributed by atoms with van der Waals surface area (Å²) in [6.07, 6.45) is 8.65. The predicted octanol–water partition coefficient (Wildman–Crippen LogP) is 4.50. The van der Waals surface area contributed by atoms with Crippen molar-refractivity contribution in [2.45, 2.75) is 26.2 Å². The van der Waals surface area contributed by atoms with E-state index < -0.39 is 0 Å². The van der Waals surface area contributed by atoms with Crippen molar-refractivity contribution in [2.24, 2.45) is 0 Å². The third kappa shape index (κ3) is 6.52. The van der Waals surface area contributed by atoms with Crippen LogP contribution in [0.5, 0.6) is 5.75 Å². The topological polar surface area (TPSA) is 12.5 Å². The molecule has 0 heterocycles. The standard InChI is InChI=1S/C16H21Cl2NO/c1-3-5-10-19(9-4-2)11-6-12-20-16-8-7-14(17)13-15(16)18/h2,7-8,13H,3,5-6,9-12H2,1H3. The number of hydrogen-bond acceptors (Lipinski definition) is 2. The highest BCUT2D eigenvalue weighted by Crippen LogP contribution is 2.27. The van der Waals surface area contributed by atoms with E-state index in [2.05, 4.69) is 17.7 Å². The highest BCUT2D eigenvalue weighted by molar-refractivity contribution is 6.35. The highest BCUT2D eigenvalue weighted by Gasteiger charge is 2.04. The predicted molar refractivity (Wildman–Crippen MR) is 86.8 cm³/mol. The first kappa shape index (κ1) is 17.2. The average Bonchev–Trinajstić information content (AvgIpc) is 2.42. The quantitative estimate of drug-likeness (QED) is 0.491. The first-order chi connectivity index (χ1) is 9.67. The van der Waals surface area contributed by atoms with Crippen molar-refractivity contribution in [1.82, 2.24) is 4.90 Å².